The van der Waals surface area contributed by atoms with Crippen molar-refractivity contribution in [2.45, 2.75) is 6.18 Å². The molecule has 0 aromatic carbocycles. The molecule has 2 heterocycles. The monoisotopic (exact) mass is 187 g/mol. The Morgan fingerprint density at radius 1 is 1.15 bits per heavy atom. The first-order valence-corrected chi connectivity index (χ1v) is 3.49. The Hall–Kier alpha value is -1.52. The highest BCUT2D eigenvalue weighted by Gasteiger charge is 2.32. The second-order valence-corrected chi connectivity index (χ2v) is 2.51. The Kier molecular flexibility index (Phi) is 1.55. The Morgan fingerprint density at radius 3 is 2.62 bits per heavy atom. The number of pyridine rings is 1. The van der Waals surface area contributed by atoms with Crippen LogP contribution in [0.2, 0.25) is 0 Å². The molecule has 0 aliphatic rings. The van der Waals surface area contributed by atoms with Gasteiger partial charge in [-0.15, -0.1) is 0 Å². The highest BCUT2D eigenvalue weighted by Crippen LogP contribution is 2.28. The lowest BCUT2D eigenvalue weighted by atomic mass is 10.3. The lowest BCUT2D eigenvalue weighted by Crippen LogP contribution is -2.06. The highest BCUT2D eigenvalue weighted by atomic mass is 19.4. The number of fused-ring (bicyclic) bond motifs is 1. The predicted octanol–water partition coefficient (Wildman–Crippen LogP) is 2.85. The number of hydrogen-bond donors (Lipinski definition) is 0. The number of aromatic nitrogens is 1. The third kappa shape index (κ3) is 1.37. The zero-order chi connectivity index (χ0) is 9.47. The Labute approximate surface area is 71.0 Å². The van der Waals surface area contributed by atoms with Crippen LogP contribution in [0.4, 0.5) is 13.2 Å². The van der Waals surface area contributed by atoms with Gasteiger partial charge in [-0.05, 0) is 18.2 Å². The van der Waals surface area contributed by atoms with Gasteiger partial charge in [-0.1, -0.05) is 0 Å². The smallest absolute Gasteiger partial charge is 0.433 e. The number of nitrogens with zero attached hydrogens (tertiary/aromatic N) is 1. The van der Waals surface area contributed by atoms with Crippen LogP contribution in [0.5, 0.6) is 0 Å². The quantitative estimate of drug-likeness (QED) is 0.633. The van der Waals surface area contributed by atoms with Gasteiger partial charge in [0, 0.05) is 5.39 Å². The summed E-state index contributed by atoms with van der Waals surface area (Å²) in [6, 6.07) is 3.81. The molecule has 0 saturated carbocycles. The van der Waals surface area contributed by atoms with E-state index in [4.69, 9.17) is 4.42 Å². The lowest BCUT2D eigenvalue weighted by Gasteiger charge is -2.03. The van der Waals surface area contributed by atoms with Gasteiger partial charge in [0.15, 0.2) is 0 Å². The molecule has 0 unspecified atom stereocenters. The third-order valence-corrected chi connectivity index (χ3v) is 1.61. The molecule has 2 aromatic rings. The van der Waals surface area contributed by atoms with E-state index in [0.717, 1.165) is 6.07 Å². The first-order chi connectivity index (χ1) is 6.07. The van der Waals surface area contributed by atoms with Gasteiger partial charge in [0.05, 0.1) is 6.26 Å². The summed E-state index contributed by atoms with van der Waals surface area (Å²) in [6.45, 7) is 0. The fraction of sp³-hybridized carbons (Fsp3) is 0.125. The summed E-state index contributed by atoms with van der Waals surface area (Å²) in [7, 11) is 0. The van der Waals surface area contributed by atoms with Crippen molar-refractivity contribution in [1.29, 1.82) is 0 Å². The van der Waals surface area contributed by atoms with Crippen molar-refractivity contribution < 1.29 is 17.6 Å². The molecule has 68 valence electrons. The Bertz CT molecular complexity index is 432. The van der Waals surface area contributed by atoms with E-state index in [0.29, 0.717) is 5.39 Å². The van der Waals surface area contributed by atoms with Crippen LogP contribution in [-0.4, -0.2) is 4.98 Å². The van der Waals surface area contributed by atoms with Crippen LogP contribution in [0.25, 0.3) is 11.1 Å². The molecule has 0 aliphatic carbocycles. The molecule has 0 radical (unpaired) electrons. The van der Waals surface area contributed by atoms with E-state index in [1.54, 1.807) is 6.07 Å². The maximum Gasteiger partial charge on any atom is 0.433 e. The molecule has 0 aliphatic heterocycles. The molecular formula is C8H4F3NO. The summed E-state index contributed by atoms with van der Waals surface area (Å²) in [5, 5.41) is 0.563. The summed E-state index contributed by atoms with van der Waals surface area (Å²) < 4.78 is 41.1. The number of rotatable bonds is 0. The van der Waals surface area contributed by atoms with Crippen molar-refractivity contribution in [3.63, 3.8) is 0 Å². The average molecular weight is 187 g/mol. The largest absolute Gasteiger partial charge is 0.446 e. The first-order valence-electron chi connectivity index (χ1n) is 3.49. The van der Waals surface area contributed by atoms with Crippen LogP contribution in [0.3, 0.4) is 0 Å². The van der Waals surface area contributed by atoms with Crippen LogP contribution in [-0.2, 0) is 6.18 Å². The molecule has 0 amide bonds. The number of halogens is 3. The summed E-state index contributed by atoms with van der Waals surface area (Å²) >= 11 is 0. The Balaban J connectivity index is 2.61. The van der Waals surface area contributed by atoms with Crippen LogP contribution in [0, 0.1) is 0 Å². The first kappa shape index (κ1) is 8.10. The predicted molar refractivity (Wildman–Crippen MR) is 39.0 cm³/mol. The molecule has 2 rings (SSSR count). The normalized spacial score (nSPS) is 12.2. The fourth-order valence-electron chi connectivity index (χ4n) is 1.00. The number of hydrogen-bond acceptors (Lipinski definition) is 2. The van der Waals surface area contributed by atoms with E-state index in [2.05, 4.69) is 4.98 Å². The SMILES string of the molecule is FC(F)(F)c1ccc2ccoc2n1. The summed E-state index contributed by atoms with van der Waals surface area (Å²) in [6.07, 6.45) is -3.11. The maximum absolute atomic E-state index is 12.1. The fourth-order valence-corrected chi connectivity index (χ4v) is 1.00. The summed E-state index contributed by atoms with van der Waals surface area (Å²) in [4.78, 5) is 3.31. The van der Waals surface area contributed by atoms with Gasteiger partial charge in [-0.3, -0.25) is 0 Å². The lowest BCUT2D eigenvalue weighted by molar-refractivity contribution is -0.141. The van der Waals surface area contributed by atoms with Gasteiger partial charge in [-0.2, -0.15) is 13.2 Å². The molecule has 13 heavy (non-hydrogen) atoms. The topological polar surface area (TPSA) is 26.0 Å². The molecule has 0 bridgehead atoms. The summed E-state index contributed by atoms with van der Waals surface area (Å²) in [5.74, 6) is 0. The average Bonchev–Trinajstić information content (AvgIpc) is 2.47. The van der Waals surface area contributed by atoms with E-state index < -0.39 is 11.9 Å². The van der Waals surface area contributed by atoms with Gasteiger partial charge in [-0.25, -0.2) is 4.98 Å². The van der Waals surface area contributed by atoms with E-state index in [-0.39, 0.29) is 5.71 Å². The molecule has 5 heteroatoms. The molecule has 0 spiro atoms. The van der Waals surface area contributed by atoms with E-state index in [9.17, 15) is 13.2 Å². The van der Waals surface area contributed by atoms with Crippen LogP contribution in [0.15, 0.2) is 28.9 Å². The minimum absolute atomic E-state index is 0.00910. The minimum atomic E-state index is -4.42. The van der Waals surface area contributed by atoms with Crippen LogP contribution < -0.4 is 0 Å². The van der Waals surface area contributed by atoms with Gasteiger partial charge in [0.25, 0.3) is 0 Å². The van der Waals surface area contributed by atoms with E-state index in [1.807, 2.05) is 0 Å². The summed E-state index contributed by atoms with van der Waals surface area (Å²) in [5.41, 5.74) is -0.926. The van der Waals surface area contributed by atoms with E-state index in [1.165, 1.54) is 12.3 Å². The van der Waals surface area contributed by atoms with Crippen molar-refractivity contribution in [3.8, 4) is 0 Å². The van der Waals surface area contributed by atoms with Crippen molar-refractivity contribution in [2.24, 2.45) is 0 Å². The molecular weight excluding hydrogens is 183 g/mol. The zero-order valence-electron chi connectivity index (χ0n) is 6.30. The van der Waals surface area contributed by atoms with Crippen LogP contribution in [0.1, 0.15) is 5.69 Å². The number of furan rings is 1. The second-order valence-electron chi connectivity index (χ2n) is 2.51. The van der Waals surface area contributed by atoms with Gasteiger partial charge >= 0.3 is 6.18 Å². The molecule has 2 aromatic heterocycles. The van der Waals surface area contributed by atoms with Gasteiger partial charge in [0.2, 0.25) is 5.71 Å². The molecule has 0 fully saturated rings. The van der Waals surface area contributed by atoms with Gasteiger partial charge in [0.1, 0.15) is 5.69 Å². The molecule has 2 nitrogen and oxygen atoms in total. The second kappa shape index (κ2) is 2.48. The molecule has 0 saturated heterocycles. The van der Waals surface area contributed by atoms with Crippen molar-refractivity contribution in [1.82, 2.24) is 4.98 Å². The van der Waals surface area contributed by atoms with Crippen molar-refractivity contribution in [2.75, 3.05) is 0 Å². The highest BCUT2D eigenvalue weighted by molar-refractivity contribution is 5.72. The van der Waals surface area contributed by atoms with Gasteiger partial charge < -0.3 is 4.42 Å². The van der Waals surface area contributed by atoms with E-state index >= 15 is 0 Å². The number of alkyl halides is 3. The van der Waals surface area contributed by atoms with Crippen LogP contribution >= 0.6 is 0 Å². The standard InChI is InChI=1S/C8H4F3NO/c9-8(10,11)6-2-1-5-3-4-13-7(5)12-6/h1-4H. The molecule has 0 atom stereocenters. The zero-order valence-corrected chi connectivity index (χ0v) is 6.30. The Morgan fingerprint density at radius 2 is 1.92 bits per heavy atom. The van der Waals surface area contributed by atoms with Crippen molar-refractivity contribution in [3.05, 3.63) is 30.2 Å². The van der Waals surface area contributed by atoms with Crippen molar-refractivity contribution >= 4 is 11.1 Å². The minimum Gasteiger partial charge on any atom is -0.446 e. The third-order valence-electron chi connectivity index (χ3n) is 1.61. The molecule has 0 N–H and O–H groups in total. The maximum atomic E-state index is 12.1.